The molecule has 0 aliphatic carbocycles. The smallest absolute Gasteiger partial charge is 0.225 e. The van der Waals surface area contributed by atoms with Crippen molar-refractivity contribution in [3.8, 4) is 0 Å². The lowest BCUT2D eigenvalue weighted by atomic mass is 10.3. The molecule has 0 fully saturated rings. The first-order valence-electron chi connectivity index (χ1n) is 6.20. The average Bonchev–Trinajstić information content (AvgIpc) is 2.41. The zero-order valence-electron chi connectivity index (χ0n) is 11.2. The second-order valence-corrected chi connectivity index (χ2v) is 5.38. The van der Waals surface area contributed by atoms with Gasteiger partial charge in [0, 0.05) is 35.9 Å². The number of nitrogens with zero attached hydrogens (tertiary/aromatic N) is 2. The molecule has 0 spiro atoms. The van der Waals surface area contributed by atoms with E-state index in [2.05, 4.69) is 15.3 Å². The topological polar surface area (TPSA) is 80.9 Å². The summed E-state index contributed by atoms with van der Waals surface area (Å²) in [6, 6.07) is 7.12. The van der Waals surface area contributed by atoms with Crippen molar-refractivity contribution in [2.45, 2.75) is 18.5 Å². The van der Waals surface area contributed by atoms with Gasteiger partial charge in [0.1, 0.15) is 0 Å². The maximum absolute atomic E-state index is 11.8. The molecule has 0 unspecified atom stereocenters. The molecule has 3 N–H and O–H groups in total. The minimum Gasteiger partial charge on any atom is -0.399 e. The van der Waals surface area contributed by atoms with E-state index in [1.807, 2.05) is 13.0 Å². The molecule has 1 aromatic heterocycles. The van der Waals surface area contributed by atoms with Crippen LogP contribution in [0.25, 0.3) is 0 Å². The zero-order chi connectivity index (χ0) is 14.4. The number of nitrogens with one attached hydrogen (secondary N) is 1. The van der Waals surface area contributed by atoms with Crippen LogP contribution < -0.4 is 11.1 Å². The molecule has 0 aliphatic rings. The van der Waals surface area contributed by atoms with Gasteiger partial charge in [0.15, 0.2) is 5.16 Å². The first kappa shape index (κ1) is 14.3. The third-order valence-electron chi connectivity index (χ3n) is 2.49. The molecule has 0 atom stereocenters. The first-order valence-corrected chi connectivity index (χ1v) is 7.19. The van der Waals surface area contributed by atoms with E-state index in [4.69, 9.17) is 5.73 Å². The Morgan fingerprint density at radius 1 is 1.35 bits per heavy atom. The fourth-order valence-corrected chi connectivity index (χ4v) is 2.25. The molecule has 0 saturated carbocycles. The molecule has 0 bridgehead atoms. The molecule has 20 heavy (non-hydrogen) atoms. The molecule has 1 aromatic carbocycles. The fraction of sp³-hybridized carbons (Fsp3) is 0.214. The number of hydrogen-bond acceptors (Lipinski definition) is 5. The Hall–Kier alpha value is -2.08. The van der Waals surface area contributed by atoms with Gasteiger partial charge >= 0.3 is 0 Å². The number of thioether (sulfide) groups is 1. The van der Waals surface area contributed by atoms with Gasteiger partial charge in [-0.25, -0.2) is 9.97 Å². The Labute approximate surface area is 122 Å². The molecule has 0 aliphatic heterocycles. The third-order valence-corrected chi connectivity index (χ3v) is 3.37. The Morgan fingerprint density at radius 2 is 2.10 bits per heavy atom. The summed E-state index contributed by atoms with van der Waals surface area (Å²) in [4.78, 5) is 20.1. The summed E-state index contributed by atoms with van der Waals surface area (Å²) in [5.74, 6) is 0.590. The van der Waals surface area contributed by atoms with Crippen LogP contribution in [0.3, 0.4) is 0 Å². The van der Waals surface area contributed by atoms with E-state index in [9.17, 15) is 4.79 Å². The van der Waals surface area contributed by atoms with Gasteiger partial charge in [0.25, 0.3) is 0 Å². The normalized spacial score (nSPS) is 10.2. The predicted molar refractivity (Wildman–Crippen MR) is 81.6 cm³/mol. The molecular weight excluding hydrogens is 272 g/mol. The van der Waals surface area contributed by atoms with E-state index in [1.54, 1.807) is 30.6 Å². The highest BCUT2D eigenvalue weighted by molar-refractivity contribution is 7.99. The quantitative estimate of drug-likeness (QED) is 0.502. The standard InChI is InChI=1S/C14H16N4OS/c1-10-8-16-14(17-9-10)20-6-5-13(19)18-12-4-2-3-11(15)7-12/h2-4,7-9H,5-6,15H2,1H3,(H,18,19). The van der Waals surface area contributed by atoms with Gasteiger partial charge in [-0.3, -0.25) is 4.79 Å². The van der Waals surface area contributed by atoms with Gasteiger partial charge in [-0.1, -0.05) is 17.8 Å². The van der Waals surface area contributed by atoms with E-state index >= 15 is 0 Å². The minimum atomic E-state index is -0.0461. The van der Waals surface area contributed by atoms with Gasteiger partial charge < -0.3 is 11.1 Å². The summed E-state index contributed by atoms with van der Waals surface area (Å²) >= 11 is 1.46. The van der Waals surface area contributed by atoms with Crippen molar-refractivity contribution in [1.29, 1.82) is 0 Å². The van der Waals surface area contributed by atoms with Gasteiger partial charge in [0.05, 0.1) is 0 Å². The number of aromatic nitrogens is 2. The van der Waals surface area contributed by atoms with Crippen LogP contribution in [0.4, 0.5) is 11.4 Å². The van der Waals surface area contributed by atoms with Crippen molar-refractivity contribution in [1.82, 2.24) is 9.97 Å². The third kappa shape index (κ3) is 4.55. The highest BCUT2D eigenvalue weighted by atomic mass is 32.2. The van der Waals surface area contributed by atoms with Crippen LogP contribution in [0.15, 0.2) is 41.8 Å². The molecule has 6 heteroatoms. The van der Waals surface area contributed by atoms with Crippen LogP contribution in [-0.4, -0.2) is 21.6 Å². The molecule has 2 aromatic rings. The lowest BCUT2D eigenvalue weighted by molar-refractivity contribution is -0.115. The number of carbonyl (C=O) groups is 1. The maximum atomic E-state index is 11.8. The summed E-state index contributed by atoms with van der Waals surface area (Å²) in [6.07, 6.45) is 3.93. The molecule has 5 nitrogen and oxygen atoms in total. The van der Waals surface area contributed by atoms with Crippen LogP contribution in [0.1, 0.15) is 12.0 Å². The highest BCUT2D eigenvalue weighted by Gasteiger charge is 2.04. The summed E-state index contributed by atoms with van der Waals surface area (Å²) in [6.45, 7) is 1.94. The molecule has 2 rings (SSSR count). The SMILES string of the molecule is Cc1cnc(SCCC(=O)Nc2cccc(N)c2)nc1. The van der Waals surface area contributed by atoms with Gasteiger partial charge in [-0.05, 0) is 30.7 Å². The molecule has 0 saturated heterocycles. The van der Waals surface area contributed by atoms with Crippen LogP contribution in [0.2, 0.25) is 0 Å². The van der Waals surface area contributed by atoms with Crippen molar-refractivity contribution in [3.63, 3.8) is 0 Å². The van der Waals surface area contributed by atoms with Crippen molar-refractivity contribution >= 4 is 29.0 Å². The van der Waals surface area contributed by atoms with Crippen LogP contribution >= 0.6 is 11.8 Å². The van der Waals surface area contributed by atoms with Crippen molar-refractivity contribution in [2.75, 3.05) is 16.8 Å². The van der Waals surface area contributed by atoms with Crippen molar-refractivity contribution in [2.24, 2.45) is 0 Å². The number of nitrogens with two attached hydrogens (primary N) is 1. The summed E-state index contributed by atoms with van der Waals surface area (Å²) in [5.41, 5.74) is 8.02. The van der Waals surface area contributed by atoms with E-state index in [0.717, 1.165) is 5.56 Å². The van der Waals surface area contributed by atoms with Gasteiger partial charge in [-0.2, -0.15) is 0 Å². The van der Waals surface area contributed by atoms with Crippen LogP contribution in [-0.2, 0) is 4.79 Å². The number of carbonyl (C=O) groups excluding carboxylic acids is 1. The fourth-order valence-electron chi connectivity index (χ4n) is 1.53. The molecule has 0 radical (unpaired) electrons. The Balaban J connectivity index is 1.76. The first-order chi connectivity index (χ1) is 9.63. The Kier molecular flexibility index (Phi) is 4.95. The number of anilines is 2. The summed E-state index contributed by atoms with van der Waals surface area (Å²) < 4.78 is 0. The average molecular weight is 288 g/mol. The van der Waals surface area contributed by atoms with Gasteiger partial charge in [0.2, 0.25) is 5.91 Å². The van der Waals surface area contributed by atoms with Crippen molar-refractivity contribution in [3.05, 3.63) is 42.2 Å². The van der Waals surface area contributed by atoms with Crippen LogP contribution in [0, 0.1) is 6.92 Å². The number of rotatable bonds is 5. The monoisotopic (exact) mass is 288 g/mol. The van der Waals surface area contributed by atoms with Gasteiger partial charge in [-0.15, -0.1) is 0 Å². The van der Waals surface area contributed by atoms with E-state index in [-0.39, 0.29) is 5.91 Å². The van der Waals surface area contributed by atoms with Crippen LogP contribution in [0.5, 0.6) is 0 Å². The Bertz CT molecular complexity index is 586. The number of amides is 1. The maximum Gasteiger partial charge on any atom is 0.225 e. The lowest BCUT2D eigenvalue weighted by Gasteiger charge is -2.05. The van der Waals surface area contributed by atoms with E-state index < -0.39 is 0 Å². The predicted octanol–water partition coefficient (Wildman–Crippen LogP) is 2.49. The molecule has 1 heterocycles. The summed E-state index contributed by atoms with van der Waals surface area (Å²) in [5, 5.41) is 3.49. The highest BCUT2D eigenvalue weighted by Crippen LogP contribution is 2.15. The van der Waals surface area contributed by atoms with E-state index in [1.165, 1.54) is 11.8 Å². The minimum absolute atomic E-state index is 0.0461. The van der Waals surface area contributed by atoms with Crippen molar-refractivity contribution < 1.29 is 4.79 Å². The second kappa shape index (κ2) is 6.91. The number of benzene rings is 1. The number of aryl methyl sites for hydroxylation is 1. The molecule has 1 amide bonds. The lowest BCUT2D eigenvalue weighted by Crippen LogP contribution is -2.12. The largest absolute Gasteiger partial charge is 0.399 e. The number of nitrogen functional groups attached to an aromatic ring is 1. The summed E-state index contributed by atoms with van der Waals surface area (Å²) in [7, 11) is 0. The number of hydrogen-bond donors (Lipinski definition) is 2. The second-order valence-electron chi connectivity index (χ2n) is 4.32. The molecule has 104 valence electrons. The van der Waals surface area contributed by atoms with E-state index in [0.29, 0.717) is 28.7 Å². The molecular formula is C14H16N4OS. The zero-order valence-corrected chi connectivity index (χ0v) is 12.0. The Morgan fingerprint density at radius 3 is 2.80 bits per heavy atom.